The molecule has 3 aliphatic rings. The summed E-state index contributed by atoms with van der Waals surface area (Å²) in [6.45, 7) is 12.0. The Balaban J connectivity index is 1.83. The van der Waals surface area contributed by atoms with Crippen molar-refractivity contribution in [2.45, 2.75) is 86.0 Å². The maximum absolute atomic E-state index is 12.8. The monoisotopic (exact) mass is 334 g/mol. The fourth-order valence-corrected chi connectivity index (χ4v) is 7.02. The predicted molar refractivity (Wildman–Crippen MR) is 98.6 cm³/mol. The van der Waals surface area contributed by atoms with Crippen LogP contribution < -0.4 is 0 Å². The third kappa shape index (κ3) is 2.82. The van der Waals surface area contributed by atoms with Crippen LogP contribution in [0.15, 0.2) is 0 Å². The highest BCUT2D eigenvalue weighted by Gasteiger charge is 2.59. The zero-order valence-electron chi connectivity index (χ0n) is 16.6. The summed E-state index contributed by atoms with van der Waals surface area (Å²) in [5.41, 5.74) is 0.105. The zero-order chi connectivity index (χ0) is 17.5. The Morgan fingerprint density at radius 2 is 1.88 bits per heavy atom. The average Bonchev–Trinajstić information content (AvgIpc) is 2.54. The zero-order valence-corrected chi connectivity index (χ0v) is 16.6. The van der Waals surface area contributed by atoms with Gasteiger partial charge in [0.05, 0.1) is 12.0 Å². The molecule has 0 N–H and O–H groups in total. The highest BCUT2D eigenvalue weighted by Crippen LogP contribution is 2.64. The molecule has 24 heavy (non-hydrogen) atoms. The van der Waals surface area contributed by atoms with Crippen molar-refractivity contribution < 1.29 is 9.53 Å². The summed E-state index contributed by atoms with van der Waals surface area (Å²) < 4.78 is 5.52. The molecule has 0 aromatic heterocycles. The normalized spacial score (nSPS) is 45.4. The van der Waals surface area contributed by atoms with E-state index in [1.54, 1.807) is 0 Å². The average molecular weight is 335 g/mol. The van der Waals surface area contributed by atoms with Gasteiger partial charge in [-0.2, -0.15) is 0 Å². The highest BCUT2D eigenvalue weighted by atomic mass is 16.5. The van der Waals surface area contributed by atoms with Crippen LogP contribution in [0.25, 0.3) is 0 Å². The van der Waals surface area contributed by atoms with Crippen LogP contribution in [0, 0.1) is 40.4 Å². The summed E-state index contributed by atoms with van der Waals surface area (Å²) in [5.74, 6) is 4.08. The van der Waals surface area contributed by atoms with Crippen LogP contribution in [0.2, 0.25) is 0 Å². The minimum atomic E-state index is -0.247. The minimum absolute atomic E-state index is 0.0789. The van der Waals surface area contributed by atoms with Gasteiger partial charge in [0.25, 0.3) is 0 Å². The van der Waals surface area contributed by atoms with Gasteiger partial charge in [-0.1, -0.05) is 27.2 Å². The molecule has 0 heterocycles. The molecule has 0 bridgehead atoms. The summed E-state index contributed by atoms with van der Waals surface area (Å²) >= 11 is 0. The summed E-state index contributed by atoms with van der Waals surface area (Å²) in [6, 6.07) is 0. The van der Waals surface area contributed by atoms with Crippen molar-refractivity contribution >= 4 is 5.97 Å². The maximum atomic E-state index is 12.8. The van der Waals surface area contributed by atoms with Crippen LogP contribution in [-0.4, -0.2) is 12.6 Å². The van der Waals surface area contributed by atoms with Gasteiger partial charge in [-0.15, -0.1) is 0 Å². The topological polar surface area (TPSA) is 26.3 Å². The van der Waals surface area contributed by atoms with E-state index in [-0.39, 0.29) is 11.4 Å². The molecule has 2 nitrogen and oxygen atoms in total. The van der Waals surface area contributed by atoms with E-state index in [0.717, 1.165) is 30.1 Å². The molecule has 0 radical (unpaired) electrons. The Hall–Kier alpha value is -0.530. The molecule has 0 aromatic carbocycles. The van der Waals surface area contributed by atoms with E-state index < -0.39 is 0 Å². The van der Waals surface area contributed by atoms with Gasteiger partial charge in [0.15, 0.2) is 0 Å². The van der Waals surface area contributed by atoms with Crippen molar-refractivity contribution in [3.05, 3.63) is 0 Å². The highest BCUT2D eigenvalue weighted by molar-refractivity contribution is 5.77. The summed E-state index contributed by atoms with van der Waals surface area (Å²) in [7, 11) is 0. The van der Waals surface area contributed by atoms with Gasteiger partial charge in [-0.05, 0) is 93.8 Å². The molecule has 0 aliphatic heterocycles. The smallest absolute Gasteiger partial charge is 0.312 e. The first-order valence-corrected chi connectivity index (χ1v) is 10.5. The second-order valence-electron chi connectivity index (χ2n) is 9.81. The SMILES string of the molecule is CCOC(=O)[C@@]1(C)CCC[C@@]2(C)C1CCC1CC(C(C)C)CC[C@H]12. The number of hydrogen-bond acceptors (Lipinski definition) is 2. The number of ether oxygens (including phenoxy) is 1. The van der Waals surface area contributed by atoms with Crippen molar-refractivity contribution in [2.24, 2.45) is 40.4 Å². The molecule has 0 amide bonds. The third-order valence-electron chi connectivity index (χ3n) is 8.36. The molecule has 0 saturated heterocycles. The minimum Gasteiger partial charge on any atom is -0.466 e. The number of fused-ring (bicyclic) bond motifs is 3. The van der Waals surface area contributed by atoms with Gasteiger partial charge >= 0.3 is 5.97 Å². The van der Waals surface area contributed by atoms with E-state index in [4.69, 9.17) is 4.74 Å². The van der Waals surface area contributed by atoms with Gasteiger partial charge in [-0.25, -0.2) is 0 Å². The molecule has 3 rings (SSSR count). The lowest BCUT2D eigenvalue weighted by Crippen LogP contribution is -2.56. The van der Waals surface area contributed by atoms with Crippen LogP contribution in [0.4, 0.5) is 0 Å². The van der Waals surface area contributed by atoms with Gasteiger partial charge in [0.2, 0.25) is 0 Å². The fraction of sp³-hybridized carbons (Fsp3) is 0.955. The molecule has 138 valence electrons. The second-order valence-corrected chi connectivity index (χ2v) is 9.81. The lowest BCUT2D eigenvalue weighted by atomic mass is 9.43. The fourth-order valence-electron chi connectivity index (χ4n) is 7.02. The van der Waals surface area contributed by atoms with E-state index in [1.807, 2.05) is 6.92 Å². The first kappa shape index (κ1) is 18.3. The van der Waals surface area contributed by atoms with Crippen LogP contribution in [0.1, 0.15) is 86.0 Å². The van der Waals surface area contributed by atoms with Crippen molar-refractivity contribution in [2.75, 3.05) is 6.61 Å². The van der Waals surface area contributed by atoms with Gasteiger partial charge in [-0.3, -0.25) is 4.79 Å². The van der Waals surface area contributed by atoms with E-state index >= 15 is 0 Å². The largest absolute Gasteiger partial charge is 0.466 e. The first-order valence-electron chi connectivity index (χ1n) is 10.5. The number of carbonyl (C=O) groups excluding carboxylic acids is 1. The van der Waals surface area contributed by atoms with Crippen LogP contribution in [0.5, 0.6) is 0 Å². The van der Waals surface area contributed by atoms with E-state index in [9.17, 15) is 4.79 Å². The maximum Gasteiger partial charge on any atom is 0.312 e. The van der Waals surface area contributed by atoms with Crippen LogP contribution >= 0.6 is 0 Å². The molecule has 0 aromatic rings. The Morgan fingerprint density at radius 1 is 1.12 bits per heavy atom. The Labute approximate surface area is 149 Å². The molecule has 3 unspecified atom stereocenters. The number of hydrogen-bond donors (Lipinski definition) is 0. The molecular formula is C22H38O2. The lowest BCUT2D eigenvalue weighted by Gasteiger charge is -2.61. The molecule has 0 spiro atoms. The van der Waals surface area contributed by atoms with E-state index in [1.165, 1.54) is 44.9 Å². The Morgan fingerprint density at radius 3 is 2.54 bits per heavy atom. The number of carbonyl (C=O) groups is 1. The quantitative estimate of drug-likeness (QED) is 0.606. The van der Waals surface area contributed by atoms with E-state index in [2.05, 4.69) is 27.7 Å². The summed E-state index contributed by atoms with van der Waals surface area (Å²) in [4.78, 5) is 12.8. The van der Waals surface area contributed by atoms with Gasteiger partial charge in [0.1, 0.15) is 0 Å². The number of esters is 1. The van der Waals surface area contributed by atoms with Crippen molar-refractivity contribution in [1.82, 2.24) is 0 Å². The predicted octanol–water partition coefficient (Wildman–Crippen LogP) is 5.84. The van der Waals surface area contributed by atoms with E-state index in [0.29, 0.717) is 17.9 Å². The van der Waals surface area contributed by atoms with Gasteiger partial charge < -0.3 is 4.74 Å². The number of rotatable bonds is 3. The molecule has 6 atom stereocenters. The van der Waals surface area contributed by atoms with Crippen molar-refractivity contribution in [1.29, 1.82) is 0 Å². The Kier molecular flexibility index (Phi) is 5.06. The second kappa shape index (κ2) is 6.65. The molecule has 2 heteroatoms. The molecule has 3 aliphatic carbocycles. The molecule has 3 saturated carbocycles. The molecule has 3 fully saturated rings. The van der Waals surface area contributed by atoms with Crippen LogP contribution in [-0.2, 0) is 9.53 Å². The van der Waals surface area contributed by atoms with Crippen LogP contribution in [0.3, 0.4) is 0 Å². The van der Waals surface area contributed by atoms with Crippen molar-refractivity contribution in [3.8, 4) is 0 Å². The molecular weight excluding hydrogens is 296 g/mol. The lowest BCUT2D eigenvalue weighted by molar-refractivity contribution is -0.178. The third-order valence-corrected chi connectivity index (χ3v) is 8.36. The van der Waals surface area contributed by atoms with Crippen molar-refractivity contribution in [3.63, 3.8) is 0 Å². The van der Waals surface area contributed by atoms with Gasteiger partial charge in [0, 0.05) is 0 Å². The Bertz CT molecular complexity index is 471. The summed E-state index contributed by atoms with van der Waals surface area (Å²) in [6.07, 6.45) is 10.3. The summed E-state index contributed by atoms with van der Waals surface area (Å²) in [5, 5.41) is 0. The standard InChI is InChI=1S/C22H38O2/c1-6-24-20(23)22(5)13-7-12-21(4)18-10-8-16(15(2)3)14-17(18)9-11-19(21)22/h15-19H,6-14H2,1-5H3/t16?,17?,18-,19?,21-,22+/m1/s1. The first-order chi connectivity index (χ1) is 11.3.